The summed E-state index contributed by atoms with van der Waals surface area (Å²) in [7, 11) is 0. The molecule has 0 aliphatic rings. The van der Waals surface area contributed by atoms with Crippen molar-refractivity contribution in [2.45, 2.75) is 12.4 Å². The monoisotopic (exact) mass is 369 g/mol. The van der Waals surface area contributed by atoms with E-state index in [1.54, 1.807) is 12.1 Å². The minimum absolute atomic E-state index is 0.100. The first-order chi connectivity index (χ1) is 12.1. The maximum Gasteiger partial charge on any atom is 0.433 e. The van der Waals surface area contributed by atoms with Gasteiger partial charge in [0.05, 0.1) is 11.3 Å². The van der Waals surface area contributed by atoms with Crippen LogP contribution in [0.15, 0.2) is 54.7 Å². The third-order valence-corrected chi connectivity index (χ3v) is 3.42. The Bertz CT molecular complexity index is 903. The van der Waals surface area contributed by atoms with Crippen LogP contribution in [0.2, 0.25) is 0 Å². The van der Waals surface area contributed by atoms with Crippen molar-refractivity contribution in [1.29, 1.82) is 0 Å². The molecule has 3 nitrogen and oxygen atoms in total. The van der Waals surface area contributed by atoms with Gasteiger partial charge in [-0.05, 0) is 30.3 Å². The Labute approximate surface area is 143 Å². The summed E-state index contributed by atoms with van der Waals surface area (Å²) in [5.41, 5.74) is -2.05. The van der Waals surface area contributed by atoms with E-state index in [0.717, 1.165) is 24.3 Å². The van der Waals surface area contributed by atoms with Crippen molar-refractivity contribution in [3.05, 3.63) is 66.0 Å². The van der Waals surface area contributed by atoms with E-state index in [-0.39, 0.29) is 22.8 Å². The molecule has 0 aliphatic heterocycles. The number of rotatable bonds is 2. The number of hydrogen-bond donors (Lipinski definition) is 0. The molecule has 3 aromatic rings. The van der Waals surface area contributed by atoms with E-state index in [1.165, 1.54) is 12.3 Å². The minimum Gasteiger partial charge on any atom is -0.253 e. The van der Waals surface area contributed by atoms with Gasteiger partial charge in [0.1, 0.15) is 11.4 Å². The van der Waals surface area contributed by atoms with E-state index in [4.69, 9.17) is 0 Å². The maximum absolute atomic E-state index is 13.1. The van der Waals surface area contributed by atoms with Gasteiger partial charge >= 0.3 is 12.4 Å². The quantitative estimate of drug-likeness (QED) is 0.580. The third kappa shape index (κ3) is 3.81. The molecule has 2 aromatic heterocycles. The van der Waals surface area contributed by atoms with Gasteiger partial charge in [-0.1, -0.05) is 18.2 Å². The fourth-order valence-corrected chi connectivity index (χ4v) is 2.18. The number of nitrogens with zero attached hydrogens (tertiary/aromatic N) is 3. The van der Waals surface area contributed by atoms with Crippen LogP contribution in [-0.2, 0) is 12.4 Å². The molecule has 0 N–H and O–H groups in total. The summed E-state index contributed by atoms with van der Waals surface area (Å²) >= 11 is 0. The zero-order valence-corrected chi connectivity index (χ0v) is 12.8. The Balaban J connectivity index is 2.12. The Morgan fingerprint density at radius 1 is 0.692 bits per heavy atom. The molecule has 0 unspecified atom stereocenters. The van der Waals surface area contributed by atoms with Crippen LogP contribution in [0.4, 0.5) is 26.3 Å². The fraction of sp³-hybridized carbons (Fsp3) is 0.118. The van der Waals surface area contributed by atoms with Gasteiger partial charge in [-0.25, -0.2) is 9.97 Å². The van der Waals surface area contributed by atoms with Crippen molar-refractivity contribution in [3.63, 3.8) is 0 Å². The van der Waals surface area contributed by atoms with Crippen LogP contribution in [0, 0.1) is 0 Å². The highest BCUT2D eigenvalue weighted by molar-refractivity contribution is 5.63. The fourth-order valence-electron chi connectivity index (χ4n) is 2.18. The summed E-state index contributed by atoms with van der Waals surface area (Å²) < 4.78 is 77.4. The van der Waals surface area contributed by atoms with Crippen molar-refractivity contribution in [1.82, 2.24) is 15.0 Å². The largest absolute Gasteiger partial charge is 0.433 e. The lowest BCUT2D eigenvalue weighted by molar-refractivity contribution is -0.141. The maximum atomic E-state index is 13.1. The predicted molar refractivity (Wildman–Crippen MR) is 80.7 cm³/mol. The first-order valence-electron chi connectivity index (χ1n) is 7.20. The van der Waals surface area contributed by atoms with Gasteiger partial charge in [0.25, 0.3) is 0 Å². The molecule has 0 spiro atoms. The second-order valence-corrected chi connectivity index (χ2v) is 5.25. The topological polar surface area (TPSA) is 38.7 Å². The van der Waals surface area contributed by atoms with Gasteiger partial charge in [-0.3, -0.25) is 4.98 Å². The smallest absolute Gasteiger partial charge is 0.253 e. The van der Waals surface area contributed by atoms with Crippen LogP contribution in [-0.4, -0.2) is 15.0 Å². The van der Waals surface area contributed by atoms with Crippen LogP contribution >= 0.6 is 0 Å². The normalized spacial score (nSPS) is 12.2. The highest BCUT2D eigenvalue weighted by Crippen LogP contribution is 2.33. The van der Waals surface area contributed by atoms with Gasteiger partial charge in [0.2, 0.25) is 0 Å². The molecule has 0 bridgehead atoms. The molecule has 0 saturated heterocycles. The number of alkyl halides is 6. The second kappa shape index (κ2) is 6.40. The molecular formula is C17H9F6N3. The second-order valence-electron chi connectivity index (χ2n) is 5.25. The Hall–Kier alpha value is -2.97. The molecular weight excluding hydrogens is 360 g/mol. The van der Waals surface area contributed by atoms with E-state index in [0.29, 0.717) is 6.07 Å². The Morgan fingerprint density at radius 3 is 1.92 bits per heavy atom. The molecule has 0 saturated carbocycles. The third-order valence-electron chi connectivity index (χ3n) is 3.42. The number of halogens is 6. The zero-order valence-electron chi connectivity index (χ0n) is 12.8. The SMILES string of the molecule is FC(F)(F)c1ccc(-c2cc(C(F)(F)F)nc(-c3ccccn3)n2)cc1. The lowest BCUT2D eigenvalue weighted by Crippen LogP contribution is -2.10. The van der Waals surface area contributed by atoms with Gasteiger partial charge in [0, 0.05) is 11.8 Å². The van der Waals surface area contributed by atoms with E-state index in [2.05, 4.69) is 15.0 Å². The molecule has 9 heteroatoms. The van der Waals surface area contributed by atoms with E-state index >= 15 is 0 Å². The van der Waals surface area contributed by atoms with E-state index < -0.39 is 23.6 Å². The highest BCUT2D eigenvalue weighted by atomic mass is 19.4. The highest BCUT2D eigenvalue weighted by Gasteiger charge is 2.34. The van der Waals surface area contributed by atoms with Crippen LogP contribution in [0.3, 0.4) is 0 Å². The average Bonchev–Trinajstić information content (AvgIpc) is 2.61. The average molecular weight is 369 g/mol. The number of aromatic nitrogens is 3. The Morgan fingerprint density at radius 2 is 1.38 bits per heavy atom. The number of hydrogen-bond acceptors (Lipinski definition) is 3. The summed E-state index contributed by atoms with van der Waals surface area (Å²) in [6.45, 7) is 0. The minimum atomic E-state index is -4.74. The van der Waals surface area contributed by atoms with Gasteiger partial charge in [-0.2, -0.15) is 26.3 Å². The van der Waals surface area contributed by atoms with Crippen molar-refractivity contribution in [3.8, 4) is 22.8 Å². The number of benzene rings is 1. The van der Waals surface area contributed by atoms with Crippen molar-refractivity contribution >= 4 is 0 Å². The predicted octanol–water partition coefficient (Wildman–Crippen LogP) is 5.24. The first kappa shape index (κ1) is 17.8. The molecule has 0 fully saturated rings. The van der Waals surface area contributed by atoms with Crippen molar-refractivity contribution in [2.75, 3.05) is 0 Å². The summed E-state index contributed by atoms with van der Waals surface area (Å²) in [6.07, 6.45) is -7.91. The summed E-state index contributed by atoms with van der Waals surface area (Å²) in [5.74, 6) is -0.268. The molecule has 0 radical (unpaired) electrons. The van der Waals surface area contributed by atoms with Crippen LogP contribution in [0.25, 0.3) is 22.8 Å². The molecule has 0 atom stereocenters. The lowest BCUT2D eigenvalue weighted by atomic mass is 10.1. The van der Waals surface area contributed by atoms with Gasteiger partial charge in [0.15, 0.2) is 5.82 Å². The summed E-state index contributed by atoms with van der Waals surface area (Å²) in [4.78, 5) is 11.4. The van der Waals surface area contributed by atoms with Crippen molar-refractivity contribution in [2.24, 2.45) is 0 Å². The molecule has 2 heterocycles. The van der Waals surface area contributed by atoms with Crippen LogP contribution in [0.1, 0.15) is 11.3 Å². The molecule has 0 aliphatic carbocycles. The zero-order chi connectivity index (χ0) is 18.9. The van der Waals surface area contributed by atoms with Gasteiger partial charge in [-0.15, -0.1) is 0 Å². The number of pyridine rings is 1. The Kier molecular flexibility index (Phi) is 4.39. The lowest BCUT2D eigenvalue weighted by Gasteiger charge is -2.11. The molecule has 134 valence electrons. The van der Waals surface area contributed by atoms with Crippen LogP contribution in [0.5, 0.6) is 0 Å². The van der Waals surface area contributed by atoms with Crippen LogP contribution < -0.4 is 0 Å². The molecule has 0 amide bonds. The molecule has 3 rings (SSSR count). The standard InChI is InChI=1S/C17H9F6N3/c18-16(19,20)11-6-4-10(5-7-11)13-9-14(17(21,22)23)26-15(25-13)12-3-1-2-8-24-12/h1-9H. The van der Waals surface area contributed by atoms with Crippen molar-refractivity contribution < 1.29 is 26.3 Å². The first-order valence-corrected chi connectivity index (χ1v) is 7.20. The molecule has 26 heavy (non-hydrogen) atoms. The van der Waals surface area contributed by atoms with E-state index in [1.807, 2.05) is 0 Å². The summed E-state index contributed by atoms with van der Waals surface area (Å²) in [6, 6.07) is 8.95. The summed E-state index contributed by atoms with van der Waals surface area (Å²) in [5, 5.41) is 0. The van der Waals surface area contributed by atoms with E-state index in [9.17, 15) is 26.3 Å². The van der Waals surface area contributed by atoms with Gasteiger partial charge < -0.3 is 0 Å². The molecule has 1 aromatic carbocycles.